The molecule has 3 aromatic carbocycles. The Hall–Kier alpha value is -3.89. The lowest BCUT2D eigenvalue weighted by Crippen LogP contribution is -2.31. The van der Waals surface area contributed by atoms with Crippen molar-refractivity contribution in [2.24, 2.45) is 0 Å². The summed E-state index contributed by atoms with van der Waals surface area (Å²) in [4.78, 5) is 36.8. The van der Waals surface area contributed by atoms with Gasteiger partial charge in [0.1, 0.15) is 17.2 Å². The molecule has 0 radical (unpaired) electrons. The highest BCUT2D eigenvalue weighted by molar-refractivity contribution is 9.10. The zero-order valence-electron chi connectivity index (χ0n) is 18.5. The van der Waals surface area contributed by atoms with Gasteiger partial charge in [0.05, 0.1) is 29.7 Å². The number of ether oxygens (including phenoxy) is 2. The van der Waals surface area contributed by atoms with Crippen LogP contribution >= 0.6 is 27.5 Å². The molecule has 0 aliphatic rings. The zero-order chi connectivity index (χ0) is 25.5. The van der Waals surface area contributed by atoms with E-state index in [0.717, 1.165) is 0 Å². The molecule has 0 aliphatic heterocycles. The Kier molecular flexibility index (Phi) is 8.45. The minimum Gasteiger partial charge on any atom is -0.497 e. The molecule has 2 amide bonds. The average Bonchev–Trinajstić information content (AvgIpc) is 2.84. The lowest BCUT2D eigenvalue weighted by atomic mass is 10.1. The molecule has 0 spiro atoms. The summed E-state index contributed by atoms with van der Waals surface area (Å²) in [5, 5.41) is 16.7. The van der Waals surface area contributed by atoms with Gasteiger partial charge in [0, 0.05) is 22.3 Å². The predicted molar refractivity (Wildman–Crippen MR) is 136 cm³/mol. The molecule has 11 heteroatoms. The number of nitro groups is 1. The molecule has 0 aliphatic carbocycles. The van der Waals surface area contributed by atoms with E-state index in [9.17, 15) is 19.7 Å². The standard InChI is InChI=1S/C24H19BrClN3O6/c1-34-17-7-8-19(25)18(13-17)23(30)28-21(11-14-4-3-5-16(10-14)29(32)33)24(31)27-15-6-9-22(35-2)20(26)12-15/h3-13H,1-2H3,(H,27,31)(H,28,30). The van der Waals surface area contributed by atoms with E-state index >= 15 is 0 Å². The van der Waals surface area contributed by atoms with Crippen LogP contribution in [0.15, 0.2) is 70.8 Å². The second-order valence-corrected chi connectivity index (χ2v) is 8.27. The van der Waals surface area contributed by atoms with Crippen molar-refractivity contribution in [2.75, 3.05) is 19.5 Å². The normalized spacial score (nSPS) is 10.9. The van der Waals surface area contributed by atoms with Gasteiger partial charge in [-0.2, -0.15) is 0 Å². The SMILES string of the molecule is COc1ccc(Br)c(C(=O)NC(=Cc2cccc([N+](=O)[O-])c2)C(=O)Nc2ccc(OC)c(Cl)c2)c1. The number of anilines is 1. The molecule has 0 saturated carbocycles. The number of nitro benzene ring substituents is 1. The largest absolute Gasteiger partial charge is 0.497 e. The molecule has 3 rings (SSSR count). The van der Waals surface area contributed by atoms with Crippen molar-refractivity contribution in [2.45, 2.75) is 0 Å². The van der Waals surface area contributed by atoms with E-state index in [1.165, 1.54) is 50.6 Å². The molecule has 3 aromatic rings. The first kappa shape index (κ1) is 25.7. The van der Waals surface area contributed by atoms with Crippen LogP contribution in [0, 0.1) is 10.1 Å². The van der Waals surface area contributed by atoms with Crippen LogP contribution in [0.3, 0.4) is 0 Å². The van der Waals surface area contributed by atoms with E-state index in [2.05, 4.69) is 26.6 Å². The topological polar surface area (TPSA) is 120 Å². The van der Waals surface area contributed by atoms with E-state index in [-0.39, 0.29) is 22.0 Å². The monoisotopic (exact) mass is 559 g/mol. The fourth-order valence-electron chi connectivity index (χ4n) is 2.99. The Morgan fingerprint density at radius 3 is 2.49 bits per heavy atom. The van der Waals surface area contributed by atoms with Crippen LogP contribution in [0.1, 0.15) is 15.9 Å². The lowest BCUT2D eigenvalue weighted by molar-refractivity contribution is -0.384. The third kappa shape index (κ3) is 6.58. The van der Waals surface area contributed by atoms with Gasteiger partial charge in [0.15, 0.2) is 0 Å². The van der Waals surface area contributed by atoms with Crippen molar-refractivity contribution in [3.8, 4) is 11.5 Å². The lowest BCUT2D eigenvalue weighted by Gasteiger charge is -2.13. The van der Waals surface area contributed by atoms with Crippen LogP contribution in [0.25, 0.3) is 6.08 Å². The number of hydrogen-bond donors (Lipinski definition) is 2. The first-order chi connectivity index (χ1) is 16.7. The number of nitrogens with zero attached hydrogens (tertiary/aromatic N) is 1. The maximum Gasteiger partial charge on any atom is 0.272 e. The quantitative estimate of drug-likeness (QED) is 0.215. The van der Waals surface area contributed by atoms with Gasteiger partial charge < -0.3 is 20.1 Å². The van der Waals surface area contributed by atoms with E-state index < -0.39 is 16.7 Å². The minimum atomic E-state index is -0.676. The summed E-state index contributed by atoms with van der Waals surface area (Å²) in [5.41, 5.74) is 0.582. The third-order valence-corrected chi connectivity index (χ3v) is 5.70. The number of hydrogen-bond acceptors (Lipinski definition) is 6. The predicted octanol–water partition coefficient (Wildman–Crippen LogP) is 5.44. The first-order valence-electron chi connectivity index (χ1n) is 9.97. The number of benzene rings is 3. The number of non-ortho nitro benzene ring substituents is 1. The molecule has 2 N–H and O–H groups in total. The van der Waals surface area contributed by atoms with Gasteiger partial charge in [-0.15, -0.1) is 0 Å². The van der Waals surface area contributed by atoms with E-state index in [1.54, 1.807) is 30.3 Å². The summed E-state index contributed by atoms with van der Waals surface area (Å²) >= 11 is 9.46. The molecule has 0 unspecified atom stereocenters. The summed E-state index contributed by atoms with van der Waals surface area (Å²) in [6.07, 6.45) is 1.33. The first-order valence-corrected chi connectivity index (χ1v) is 11.1. The van der Waals surface area contributed by atoms with Crippen LogP contribution in [0.2, 0.25) is 5.02 Å². The van der Waals surface area contributed by atoms with Gasteiger partial charge in [0.25, 0.3) is 17.5 Å². The fourth-order valence-corrected chi connectivity index (χ4v) is 3.68. The maximum atomic E-state index is 13.1. The molecule has 9 nitrogen and oxygen atoms in total. The highest BCUT2D eigenvalue weighted by Crippen LogP contribution is 2.28. The maximum absolute atomic E-state index is 13.1. The molecule has 35 heavy (non-hydrogen) atoms. The Bertz CT molecular complexity index is 1330. The van der Waals surface area contributed by atoms with Crippen molar-refractivity contribution in [1.82, 2.24) is 5.32 Å². The van der Waals surface area contributed by atoms with Gasteiger partial charge >= 0.3 is 0 Å². The smallest absolute Gasteiger partial charge is 0.272 e. The zero-order valence-corrected chi connectivity index (χ0v) is 20.8. The molecular formula is C24H19BrClN3O6. The number of carbonyl (C=O) groups is 2. The molecule has 0 fully saturated rings. The third-order valence-electron chi connectivity index (χ3n) is 4.71. The van der Waals surface area contributed by atoms with Crippen molar-refractivity contribution >= 4 is 56.8 Å². The van der Waals surface area contributed by atoms with Gasteiger partial charge in [-0.25, -0.2) is 0 Å². The molecule has 180 valence electrons. The van der Waals surface area contributed by atoms with Crippen LogP contribution in [-0.2, 0) is 4.79 Å². The van der Waals surface area contributed by atoms with E-state index in [4.69, 9.17) is 21.1 Å². The van der Waals surface area contributed by atoms with Gasteiger partial charge in [0.2, 0.25) is 0 Å². The second-order valence-electron chi connectivity index (χ2n) is 7.01. The Morgan fingerprint density at radius 2 is 1.83 bits per heavy atom. The summed E-state index contributed by atoms with van der Waals surface area (Å²) < 4.78 is 10.8. The molecule has 0 heterocycles. The summed E-state index contributed by atoms with van der Waals surface area (Å²) in [5.74, 6) is -0.409. The number of methoxy groups -OCH3 is 2. The van der Waals surface area contributed by atoms with Crippen molar-refractivity contribution < 1.29 is 24.0 Å². The average molecular weight is 561 g/mol. The van der Waals surface area contributed by atoms with Gasteiger partial charge in [-0.1, -0.05) is 23.7 Å². The number of carbonyl (C=O) groups excluding carboxylic acids is 2. The van der Waals surface area contributed by atoms with Crippen LogP contribution in [0.4, 0.5) is 11.4 Å². The highest BCUT2D eigenvalue weighted by Gasteiger charge is 2.18. The molecule has 0 aromatic heterocycles. The summed E-state index contributed by atoms with van der Waals surface area (Å²) in [6, 6.07) is 15.1. The van der Waals surface area contributed by atoms with Crippen LogP contribution < -0.4 is 20.1 Å². The van der Waals surface area contributed by atoms with Crippen molar-refractivity contribution in [1.29, 1.82) is 0 Å². The highest BCUT2D eigenvalue weighted by atomic mass is 79.9. The van der Waals surface area contributed by atoms with E-state index in [1.807, 2.05) is 0 Å². The minimum absolute atomic E-state index is 0.155. The summed E-state index contributed by atoms with van der Waals surface area (Å²) in [6.45, 7) is 0. The summed E-state index contributed by atoms with van der Waals surface area (Å²) in [7, 11) is 2.93. The Balaban J connectivity index is 1.97. The van der Waals surface area contributed by atoms with Crippen LogP contribution in [0.5, 0.6) is 11.5 Å². The van der Waals surface area contributed by atoms with E-state index in [0.29, 0.717) is 27.2 Å². The number of rotatable bonds is 8. The van der Waals surface area contributed by atoms with Crippen molar-refractivity contribution in [3.05, 3.63) is 97.1 Å². The van der Waals surface area contributed by atoms with Crippen LogP contribution in [-0.4, -0.2) is 31.0 Å². The molecule has 0 atom stereocenters. The fraction of sp³-hybridized carbons (Fsp3) is 0.0833. The van der Waals surface area contributed by atoms with Gasteiger partial charge in [-0.05, 0) is 64.0 Å². The number of amides is 2. The molecule has 0 saturated heterocycles. The Morgan fingerprint density at radius 1 is 1.06 bits per heavy atom. The molecule has 0 bridgehead atoms. The second kappa shape index (κ2) is 11.5. The van der Waals surface area contributed by atoms with Crippen molar-refractivity contribution in [3.63, 3.8) is 0 Å². The number of nitrogens with one attached hydrogen (secondary N) is 2. The molecular weight excluding hydrogens is 542 g/mol. The number of halogens is 2. The van der Waals surface area contributed by atoms with Gasteiger partial charge in [-0.3, -0.25) is 19.7 Å². The Labute approximate surface area is 214 Å².